The molecule has 0 saturated heterocycles. The molecule has 0 unspecified atom stereocenters. The highest BCUT2D eigenvalue weighted by Crippen LogP contribution is 2.48. The van der Waals surface area contributed by atoms with Crippen molar-refractivity contribution in [2.75, 3.05) is 7.05 Å². The van der Waals surface area contributed by atoms with E-state index in [1.165, 1.54) is 23.3 Å². The average molecular weight is 359 g/mol. The van der Waals surface area contributed by atoms with Crippen LogP contribution in [0.2, 0.25) is 0 Å². The number of amides is 1. The van der Waals surface area contributed by atoms with Gasteiger partial charge in [-0.3, -0.25) is 4.79 Å². The highest BCUT2D eigenvalue weighted by Gasteiger charge is 2.45. The van der Waals surface area contributed by atoms with Crippen LogP contribution in [0.5, 0.6) is 0 Å². The molecule has 0 N–H and O–H groups in total. The van der Waals surface area contributed by atoms with Gasteiger partial charge in [-0.05, 0) is 46.7 Å². The van der Waals surface area contributed by atoms with E-state index in [0.717, 1.165) is 17.5 Å². The van der Waals surface area contributed by atoms with Crippen molar-refractivity contribution in [1.82, 2.24) is 4.90 Å². The topological polar surface area (TPSA) is 20.3 Å². The standard InChI is InChI=1S/C24H22FNO/c1-26(24(27)23-15-22(23)20-11-13-21(25)14-12-20)16-17-7-9-19(10-8-17)18-5-3-2-4-6-18/h2-14,22-23H,15-16H2,1H3/t22-,23-/m1/s1. The van der Waals surface area contributed by atoms with Gasteiger partial charge in [-0.25, -0.2) is 4.39 Å². The molecule has 2 atom stereocenters. The Hall–Kier alpha value is -2.94. The zero-order chi connectivity index (χ0) is 18.8. The van der Waals surface area contributed by atoms with Gasteiger partial charge in [-0.2, -0.15) is 0 Å². The maximum Gasteiger partial charge on any atom is 0.226 e. The van der Waals surface area contributed by atoms with E-state index in [1.807, 2.05) is 25.2 Å². The van der Waals surface area contributed by atoms with Crippen LogP contribution in [0.25, 0.3) is 11.1 Å². The van der Waals surface area contributed by atoms with Crippen molar-refractivity contribution in [2.24, 2.45) is 5.92 Å². The van der Waals surface area contributed by atoms with Crippen molar-refractivity contribution in [3.63, 3.8) is 0 Å². The first-order valence-electron chi connectivity index (χ1n) is 9.26. The van der Waals surface area contributed by atoms with Crippen LogP contribution >= 0.6 is 0 Å². The number of benzene rings is 3. The molecule has 0 spiro atoms. The van der Waals surface area contributed by atoms with Crippen LogP contribution in [-0.4, -0.2) is 17.9 Å². The minimum absolute atomic E-state index is 0.0176. The number of halogens is 1. The normalized spacial score (nSPS) is 18.1. The predicted octanol–water partition coefficient (Wildman–Crippen LogP) is 5.25. The minimum atomic E-state index is -0.238. The number of carbonyl (C=O) groups excluding carboxylic acids is 1. The summed E-state index contributed by atoms with van der Waals surface area (Å²) in [4.78, 5) is 14.5. The third-order valence-corrected chi connectivity index (χ3v) is 5.26. The van der Waals surface area contributed by atoms with Crippen molar-refractivity contribution >= 4 is 5.91 Å². The summed E-state index contributed by atoms with van der Waals surface area (Å²) in [6, 6.07) is 25.1. The largest absolute Gasteiger partial charge is 0.341 e. The van der Waals surface area contributed by atoms with Crippen LogP contribution in [0.3, 0.4) is 0 Å². The average Bonchev–Trinajstić information content (AvgIpc) is 3.50. The van der Waals surface area contributed by atoms with E-state index in [4.69, 9.17) is 0 Å². The summed E-state index contributed by atoms with van der Waals surface area (Å²) >= 11 is 0. The van der Waals surface area contributed by atoms with Gasteiger partial charge >= 0.3 is 0 Å². The molecule has 3 heteroatoms. The summed E-state index contributed by atoms with van der Waals surface area (Å²) in [6.07, 6.45) is 0.849. The fourth-order valence-electron chi connectivity index (χ4n) is 3.61. The van der Waals surface area contributed by atoms with Crippen LogP contribution in [0.15, 0.2) is 78.9 Å². The number of hydrogen-bond acceptors (Lipinski definition) is 1. The van der Waals surface area contributed by atoms with E-state index in [0.29, 0.717) is 6.54 Å². The summed E-state index contributed by atoms with van der Waals surface area (Å²) in [6.45, 7) is 0.598. The fraction of sp³-hybridized carbons (Fsp3) is 0.208. The molecule has 1 amide bonds. The molecule has 0 radical (unpaired) electrons. The Labute approximate surface area is 159 Å². The van der Waals surface area contributed by atoms with Gasteiger partial charge < -0.3 is 4.90 Å². The molecular weight excluding hydrogens is 337 g/mol. The van der Waals surface area contributed by atoms with E-state index in [9.17, 15) is 9.18 Å². The third kappa shape index (κ3) is 3.92. The van der Waals surface area contributed by atoms with Gasteiger partial charge in [0.2, 0.25) is 5.91 Å². The van der Waals surface area contributed by atoms with Gasteiger partial charge in [0, 0.05) is 19.5 Å². The monoisotopic (exact) mass is 359 g/mol. The quantitative estimate of drug-likeness (QED) is 0.609. The number of hydrogen-bond donors (Lipinski definition) is 0. The second kappa shape index (κ2) is 7.36. The van der Waals surface area contributed by atoms with Gasteiger partial charge in [-0.15, -0.1) is 0 Å². The molecule has 3 aromatic rings. The Kier molecular flexibility index (Phi) is 4.76. The Bertz CT molecular complexity index is 919. The molecule has 0 heterocycles. The molecule has 0 aliphatic heterocycles. The Morgan fingerprint density at radius 1 is 0.926 bits per heavy atom. The lowest BCUT2D eigenvalue weighted by Gasteiger charge is -2.18. The SMILES string of the molecule is CN(Cc1ccc(-c2ccccc2)cc1)C(=O)[C@@H]1C[C@@H]1c1ccc(F)cc1. The van der Waals surface area contributed by atoms with Gasteiger partial charge in [-0.1, -0.05) is 66.7 Å². The second-order valence-electron chi connectivity index (χ2n) is 7.26. The summed E-state index contributed by atoms with van der Waals surface area (Å²) < 4.78 is 13.1. The summed E-state index contributed by atoms with van der Waals surface area (Å²) in [7, 11) is 1.85. The maximum atomic E-state index is 13.1. The van der Waals surface area contributed by atoms with E-state index in [1.54, 1.807) is 17.0 Å². The van der Waals surface area contributed by atoms with E-state index < -0.39 is 0 Å². The molecule has 0 aromatic heterocycles. The Balaban J connectivity index is 1.37. The molecule has 27 heavy (non-hydrogen) atoms. The van der Waals surface area contributed by atoms with E-state index in [2.05, 4.69) is 36.4 Å². The Morgan fingerprint density at radius 2 is 1.56 bits per heavy atom. The lowest BCUT2D eigenvalue weighted by Crippen LogP contribution is -2.28. The molecule has 1 fully saturated rings. The maximum absolute atomic E-state index is 13.1. The number of nitrogens with zero attached hydrogens (tertiary/aromatic N) is 1. The van der Waals surface area contributed by atoms with Crippen LogP contribution in [0.1, 0.15) is 23.5 Å². The minimum Gasteiger partial charge on any atom is -0.341 e. The number of carbonyl (C=O) groups is 1. The molecule has 3 aromatic carbocycles. The first-order valence-corrected chi connectivity index (χ1v) is 9.26. The second-order valence-corrected chi connectivity index (χ2v) is 7.26. The molecule has 1 aliphatic rings. The zero-order valence-corrected chi connectivity index (χ0v) is 15.3. The van der Waals surface area contributed by atoms with Crippen LogP contribution in [0.4, 0.5) is 4.39 Å². The van der Waals surface area contributed by atoms with Crippen molar-refractivity contribution in [2.45, 2.75) is 18.9 Å². The molecule has 1 aliphatic carbocycles. The molecule has 4 rings (SSSR count). The lowest BCUT2D eigenvalue weighted by atomic mass is 10.0. The van der Waals surface area contributed by atoms with Gasteiger partial charge in [0.05, 0.1) is 0 Å². The summed E-state index contributed by atoms with van der Waals surface area (Å²) in [5.74, 6) is 0.167. The number of rotatable bonds is 5. The molecule has 0 bridgehead atoms. The molecular formula is C24H22FNO. The first kappa shape index (κ1) is 17.5. The van der Waals surface area contributed by atoms with Crippen molar-refractivity contribution < 1.29 is 9.18 Å². The van der Waals surface area contributed by atoms with Crippen molar-refractivity contribution in [3.05, 3.63) is 95.8 Å². The molecule has 136 valence electrons. The van der Waals surface area contributed by atoms with Crippen molar-refractivity contribution in [1.29, 1.82) is 0 Å². The van der Waals surface area contributed by atoms with Crippen LogP contribution in [0, 0.1) is 11.7 Å². The van der Waals surface area contributed by atoms with E-state index >= 15 is 0 Å². The summed E-state index contributed by atoms with van der Waals surface area (Å²) in [5, 5.41) is 0. The van der Waals surface area contributed by atoms with Gasteiger partial charge in [0.25, 0.3) is 0 Å². The van der Waals surface area contributed by atoms with Crippen molar-refractivity contribution in [3.8, 4) is 11.1 Å². The fourth-order valence-corrected chi connectivity index (χ4v) is 3.61. The van der Waals surface area contributed by atoms with Gasteiger partial charge in [0.15, 0.2) is 0 Å². The highest BCUT2D eigenvalue weighted by atomic mass is 19.1. The van der Waals surface area contributed by atoms with E-state index in [-0.39, 0.29) is 23.6 Å². The molecule has 1 saturated carbocycles. The summed E-state index contributed by atoms with van der Waals surface area (Å²) in [5.41, 5.74) is 4.53. The van der Waals surface area contributed by atoms with Gasteiger partial charge in [0.1, 0.15) is 5.82 Å². The first-order chi connectivity index (χ1) is 13.1. The van der Waals surface area contributed by atoms with Crippen LogP contribution < -0.4 is 0 Å². The highest BCUT2D eigenvalue weighted by molar-refractivity contribution is 5.82. The smallest absolute Gasteiger partial charge is 0.226 e. The lowest BCUT2D eigenvalue weighted by molar-refractivity contribution is -0.131. The molecule has 2 nitrogen and oxygen atoms in total. The van der Waals surface area contributed by atoms with Crippen LogP contribution in [-0.2, 0) is 11.3 Å². The Morgan fingerprint density at radius 3 is 2.22 bits per heavy atom. The zero-order valence-electron chi connectivity index (χ0n) is 15.3. The predicted molar refractivity (Wildman–Crippen MR) is 106 cm³/mol. The third-order valence-electron chi connectivity index (χ3n) is 5.26.